The summed E-state index contributed by atoms with van der Waals surface area (Å²) < 4.78 is 14.1. The second-order valence-electron chi connectivity index (χ2n) is 15.5. The number of nitrogens with zero attached hydrogens (tertiary/aromatic N) is 1. The molecule has 1 unspecified atom stereocenters. The first-order valence-electron chi connectivity index (χ1n) is 20.1. The van der Waals surface area contributed by atoms with Crippen molar-refractivity contribution < 1.29 is 9.47 Å². The van der Waals surface area contributed by atoms with Gasteiger partial charge in [0.1, 0.15) is 0 Å². The van der Waals surface area contributed by atoms with Gasteiger partial charge in [0, 0.05) is 11.6 Å². The van der Waals surface area contributed by atoms with Gasteiger partial charge in [-0.1, -0.05) is 164 Å². The molecule has 274 valence electrons. The van der Waals surface area contributed by atoms with E-state index in [9.17, 15) is 0 Å². The number of rotatable bonds is 5. The Morgan fingerprint density at radius 1 is 0.448 bits per heavy atom. The van der Waals surface area contributed by atoms with E-state index >= 15 is 0 Å². The van der Waals surface area contributed by atoms with Gasteiger partial charge in [-0.05, 0) is 110 Å². The van der Waals surface area contributed by atoms with E-state index in [4.69, 9.17) is 9.47 Å². The standard InChI is InChI=1S/C55H37NO2/c1-3-16-36(17-4-1)37-30-32-39(33-31-37)56(49-27-14-10-20-40(49)38-18-5-2-6-19-38)50-28-15-29-51-54(50)58-52-34-44-43-23-9-13-26-47(43)55(48(44)35-53(52)57-51)45-24-11-7-21-41(45)42-22-8-12-25-46(42)55/h1-18,20-35,38H,19H2. The second kappa shape index (κ2) is 12.8. The van der Waals surface area contributed by atoms with Crippen LogP contribution in [0.15, 0.2) is 206 Å². The number of anilines is 3. The zero-order chi connectivity index (χ0) is 38.2. The predicted molar refractivity (Wildman–Crippen MR) is 235 cm³/mol. The highest BCUT2D eigenvalue weighted by atomic mass is 16.6. The molecule has 3 heteroatoms. The highest BCUT2D eigenvalue weighted by Crippen LogP contribution is 2.65. The van der Waals surface area contributed by atoms with Crippen molar-refractivity contribution in [3.05, 3.63) is 234 Å². The molecule has 0 N–H and O–H groups in total. The zero-order valence-corrected chi connectivity index (χ0v) is 31.7. The van der Waals surface area contributed by atoms with Crippen molar-refractivity contribution >= 4 is 17.1 Å². The van der Waals surface area contributed by atoms with Crippen LogP contribution in [-0.2, 0) is 5.41 Å². The van der Waals surface area contributed by atoms with E-state index in [0.29, 0.717) is 17.2 Å². The van der Waals surface area contributed by atoms with Gasteiger partial charge in [0.25, 0.3) is 0 Å². The molecule has 8 aromatic rings. The maximum Gasteiger partial charge on any atom is 0.194 e. The van der Waals surface area contributed by atoms with Crippen LogP contribution in [0.1, 0.15) is 40.2 Å². The van der Waals surface area contributed by atoms with Crippen LogP contribution in [-0.4, -0.2) is 0 Å². The Hall–Kier alpha value is -7.36. The molecule has 0 bridgehead atoms. The average molecular weight is 744 g/mol. The van der Waals surface area contributed by atoms with Crippen molar-refractivity contribution in [2.75, 3.05) is 4.90 Å². The van der Waals surface area contributed by atoms with E-state index in [2.05, 4.69) is 205 Å². The molecule has 1 atom stereocenters. The lowest BCUT2D eigenvalue weighted by Crippen LogP contribution is -2.25. The molecule has 58 heavy (non-hydrogen) atoms. The fourth-order valence-corrected chi connectivity index (χ4v) is 10.0. The molecule has 0 radical (unpaired) electrons. The first-order valence-corrected chi connectivity index (χ1v) is 20.1. The van der Waals surface area contributed by atoms with Crippen LogP contribution >= 0.6 is 0 Å². The lowest BCUT2D eigenvalue weighted by molar-refractivity contribution is 0.360. The summed E-state index contributed by atoms with van der Waals surface area (Å²) in [6.45, 7) is 0. The van der Waals surface area contributed by atoms with E-state index < -0.39 is 5.41 Å². The summed E-state index contributed by atoms with van der Waals surface area (Å²) in [5.41, 5.74) is 16.3. The number of ether oxygens (including phenoxy) is 2. The third-order valence-corrected chi connectivity index (χ3v) is 12.5. The predicted octanol–water partition coefficient (Wildman–Crippen LogP) is 14.7. The van der Waals surface area contributed by atoms with Gasteiger partial charge in [0.2, 0.25) is 0 Å². The zero-order valence-electron chi connectivity index (χ0n) is 31.7. The van der Waals surface area contributed by atoms with E-state index in [1.165, 1.54) is 61.2 Å². The highest BCUT2D eigenvalue weighted by molar-refractivity contribution is 5.96. The molecule has 12 rings (SSSR count). The van der Waals surface area contributed by atoms with Crippen LogP contribution in [0, 0.1) is 0 Å². The van der Waals surface area contributed by atoms with Crippen LogP contribution < -0.4 is 14.4 Å². The van der Waals surface area contributed by atoms with Crippen molar-refractivity contribution in [1.82, 2.24) is 0 Å². The molecular formula is C55H37NO2. The summed E-state index contributed by atoms with van der Waals surface area (Å²) in [7, 11) is 0. The minimum atomic E-state index is -0.463. The number of fused-ring (bicyclic) bond motifs is 12. The number of hydrogen-bond donors (Lipinski definition) is 0. The highest BCUT2D eigenvalue weighted by Gasteiger charge is 2.52. The van der Waals surface area contributed by atoms with Crippen molar-refractivity contribution in [1.29, 1.82) is 0 Å². The third kappa shape index (κ3) is 4.74. The summed E-state index contributed by atoms with van der Waals surface area (Å²) in [6, 6.07) is 65.5. The molecule has 0 saturated carbocycles. The lowest BCUT2D eigenvalue weighted by atomic mass is 9.70. The maximum atomic E-state index is 7.15. The SMILES string of the molecule is C1=CCC(c2ccccc2N(c2ccc(-c3ccccc3)cc2)c2cccc3c2Oc2cc4c(cc2O3)C2(c3ccccc3-c3ccccc32)c2ccccc2-4)C=C1. The minimum absolute atomic E-state index is 0.241. The quantitative estimate of drug-likeness (QED) is 0.175. The van der Waals surface area contributed by atoms with Gasteiger partial charge in [-0.15, -0.1) is 0 Å². The molecule has 3 aliphatic carbocycles. The van der Waals surface area contributed by atoms with Crippen LogP contribution in [0.5, 0.6) is 23.0 Å². The maximum absolute atomic E-state index is 7.15. The van der Waals surface area contributed by atoms with Gasteiger partial charge in [-0.25, -0.2) is 0 Å². The normalized spacial score (nSPS) is 15.6. The Kier molecular flexibility index (Phi) is 7.27. The second-order valence-corrected chi connectivity index (χ2v) is 15.5. The average Bonchev–Trinajstić information content (AvgIpc) is 3.75. The Bertz CT molecular complexity index is 2950. The fourth-order valence-electron chi connectivity index (χ4n) is 10.0. The topological polar surface area (TPSA) is 21.7 Å². The van der Waals surface area contributed by atoms with Gasteiger partial charge in [0.15, 0.2) is 23.0 Å². The van der Waals surface area contributed by atoms with Crippen molar-refractivity contribution in [3.63, 3.8) is 0 Å². The van der Waals surface area contributed by atoms with Crippen LogP contribution in [0.4, 0.5) is 17.1 Å². The molecule has 0 saturated heterocycles. The molecule has 0 amide bonds. The number of hydrogen-bond acceptors (Lipinski definition) is 3. The summed E-state index contributed by atoms with van der Waals surface area (Å²) in [5.74, 6) is 3.04. The minimum Gasteiger partial charge on any atom is -0.449 e. The molecule has 4 aliphatic rings. The molecule has 1 aliphatic heterocycles. The van der Waals surface area contributed by atoms with Crippen molar-refractivity contribution in [3.8, 4) is 56.4 Å². The van der Waals surface area contributed by atoms with Crippen LogP contribution in [0.25, 0.3) is 33.4 Å². The Labute approximate surface area is 338 Å². The molecule has 3 nitrogen and oxygen atoms in total. The van der Waals surface area contributed by atoms with Crippen LogP contribution in [0.2, 0.25) is 0 Å². The first kappa shape index (κ1) is 32.8. The van der Waals surface area contributed by atoms with E-state index in [1.807, 2.05) is 6.07 Å². The third-order valence-electron chi connectivity index (χ3n) is 12.5. The van der Waals surface area contributed by atoms with Gasteiger partial charge in [0.05, 0.1) is 16.8 Å². The summed E-state index contributed by atoms with van der Waals surface area (Å²) in [6.07, 6.45) is 9.79. The summed E-state index contributed by atoms with van der Waals surface area (Å²) >= 11 is 0. The number of benzene rings is 8. The smallest absolute Gasteiger partial charge is 0.194 e. The van der Waals surface area contributed by atoms with Crippen molar-refractivity contribution in [2.24, 2.45) is 0 Å². The molecular weight excluding hydrogens is 707 g/mol. The van der Waals surface area contributed by atoms with Gasteiger partial charge >= 0.3 is 0 Å². The molecule has 1 heterocycles. The largest absolute Gasteiger partial charge is 0.449 e. The number of allylic oxidation sites excluding steroid dienone is 4. The van der Waals surface area contributed by atoms with Crippen LogP contribution in [0.3, 0.4) is 0 Å². The van der Waals surface area contributed by atoms with Gasteiger partial charge in [-0.3, -0.25) is 0 Å². The Morgan fingerprint density at radius 2 is 1.05 bits per heavy atom. The molecule has 0 aromatic heterocycles. The Morgan fingerprint density at radius 3 is 1.76 bits per heavy atom. The fraction of sp³-hybridized carbons (Fsp3) is 0.0545. The van der Waals surface area contributed by atoms with E-state index in [1.54, 1.807) is 0 Å². The Balaban J connectivity index is 1.02. The molecule has 0 fully saturated rings. The summed E-state index contributed by atoms with van der Waals surface area (Å²) in [5, 5.41) is 0. The van der Waals surface area contributed by atoms with E-state index in [0.717, 1.165) is 29.2 Å². The van der Waals surface area contributed by atoms with Crippen molar-refractivity contribution in [2.45, 2.75) is 17.8 Å². The molecule has 1 spiro atoms. The molecule has 8 aromatic carbocycles. The summed E-state index contributed by atoms with van der Waals surface area (Å²) in [4.78, 5) is 2.34. The monoisotopic (exact) mass is 743 g/mol. The lowest BCUT2D eigenvalue weighted by Gasteiger charge is -2.33. The van der Waals surface area contributed by atoms with Gasteiger partial charge in [-0.2, -0.15) is 0 Å². The van der Waals surface area contributed by atoms with Gasteiger partial charge < -0.3 is 14.4 Å². The van der Waals surface area contributed by atoms with E-state index in [-0.39, 0.29) is 5.92 Å². The first-order chi connectivity index (χ1) is 28.8. The number of para-hydroxylation sites is 2.